The van der Waals surface area contributed by atoms with Crippen molar-refractivity contribution in [3.63, 3.8) is 0 Å². The quantitative estimate of drug-likeness (QED) is 0.655. The van der Waals surface area contributed by atoms with Gasteiger partial charge in [-0.15, -0.1) is 0 Å². The Morgan fingerprint density at radius 3 is 2.29 bits per heavy atom. The van der Waals surface area contributed by atoms with E-state index in [4.69, 9.17) is 11.6 Å². The van der Waals surface area contributed by atoms with Crippen LogP contribution in [0.25, 0.3) is 10.9 Å². The lowest BCUT2D eigenvalue weighted by Crippen LogP contribution is -2.07. The van der Waals surface area contributed by atoms with Gasteiger partial charge in [0.2, 0.25) is 0 Å². The molecular weight excluding hydrogens is 251 g/mol. The molecule has 2 aromatic rings. The van der Waals surface area contributed by atoms with Gasteiger partial charge < -0.3 is 0 Å². The van der Waals surface area contributed by atoms with Crippen LogP contribution in [0.2, 0.25) is 5.02 Å². The zero-order valence-corrected chi connectivity index (χ0v) is 10.1. The highest BCUT2D eigenvalue weighted by Gasteiger charge is 2.32. The van der Waals surface area contributed by atoms with Gasteiger partial charge in [-0.2, -0.15) is 13.2 Å². The largest absolute Gasteiger partial charge is 0.433 e. The van der Waals surface area contributed by atoms with Crippen molar-refractivity contribution in [2.45, 2.75) is 20.0 Å². The second-order valence-electron chi connectivity index (χ2n) is 3.00. The van der Waals surface area contributed by atoms with Gasteiger partial charge in [-0.3, -0.25) is 0 Å². The summed E-state index contributed by atoms with van der Waals surface area (Å²) in [6.07, 6.45) is -4.42. The van der Waals surface area contributed by atoms with E-state index in [9.17, 15) is 13.2 Å². The average molecular weight is 262 g/mol. The van der Waals surface area contributed by atoms with Gasteiger partial charge in [0, 0.05) is 10.4 Å². The van der Waals surface area contributed by atoms with Crippen LogP contribution in [0.1, 0.15) is 19.5 Å². The number of hydrogen-bond acceptors (Lipinski definition) is 1. The Morgan fingerprint density at radius 1 is 1.06 bits per heavy atom. The van der Waals surface area contributed by atoms with Crippen LogP contribution in [-0.2, 0) is 6.18 Å². The van der Waals surface area contributed by atoms with E-state index in [1.807, 2.05) is 13.8 Å². The second kappa shape index (κ2) is 5.36. The van der Waals surface area contributed by atoms with Gasteiger partial charge in [0.05, 0.1) is 5.52 Å². The Morgan fingerprint density at radius 2 is 1.71 bits per heavy atom. The molecule has 0 fully saturated rings. The number of alkyl halides is 3. The first kappa shape index (κ1) is 13.8. The molecule has 0 aliphatic heterocycles. The van der Waals surface area contributed by atoms with Crippen molar-refractivity contribution in [1.82, 2.24) is 4.98 Å². The van der Waals surface area contributed by atoms with Crippen molar-refractivity contribution in [1.29, 1.82) is 0 Å². The Balaban J connectivity index is 0.000000686. The third kappa shape index (κ3) is 3.09. The van der Waals surface area contributed by atoms with Crippen LogP contribution in [0.15, 0.2) is 30.3 Å². The number of pyridine rings is 1. The molecule has 5 heteroatoms. The molecule has 0 atom stereocenters. The normalized spacial score (nSPS) is 10.9. The third-order valence-electron chi connectivity index (χ3n) is 1.97. The molecule has 0 radical (unpaired) electrons. The number of aromatic nitrogens is 1. The van der Waals surface area contributed by atoms with E-state index in [0.717, 1.165) is 6.07 Å². The predicted molar refractivity (Wildman–Crippen MR) is 63.1 cm³/mol. The molecule has 0 saturated carbocycles. The highest BCUT2D eigenvalue weighted by molar-refractivity contribution is 6.35. The van der Waals surface area contributed by atoms with Crippen LogP contribution in [0, 0.1) is 0 Å². The molecule has 0 aliphatic carbocycles. The smallest absolute Gasteiger partial charge is 0.243 e. The maximum atomic E-state index is 12.3. The summed E-state index contributed by atoms with van der Waals surface area (Å²) >= 11 is 5.80. The molecule has 1 aromatic carbocycles. The molecule has 1 aromatic heterocycles. The molecule has 0 N–H and O–H groups in total. The fourth-order valence-corrected chi connectivity index (χ4v) is 1.51. The minimum Gasteiger partial charge on any atom is -0.243 e. The van der Waals surface area contributed by atoms with Crippen molar-refractivity contribution in [3.05, 3.63) is 41.0 Å². The van der Waals surface area contributed by atoms with Crippen LogP contribution in [-0.4, -0.2) is 4.98 Å². The summed E-state index contributed by atoms with van der Waals surface area (Å²) in [6, 6.07) is 6.93. The number of halogens is 4. The van der Waals surface area contributed by atoms with Crippen LogP contribution >= 0.6 is 11.6 Å². The number of benzene rings is 1. The minimum atomic E-state index is -4.42. The maximum absolute atomic E-state index is 12.3. The van der Waals surface area contributed by atoms with Gasteiger partial charge in [-0.25, -0.2) is 4.98 Å². The molecule has 0 unspecified atom stereocenters. The molecule has 92 valence electrons. The average Bonchev–Trinajstić information content (AvgIpc) is 2.30. The van der Waals surface area contributed by atoms with Crippen LogP contribution in [0.4, 0.5) is 13.2 Å². The van der Waals surface area contributed by atoms with E-state index in [2.05, 4.69) is 4.98 Å². The lowest BCUT2D eigenvalue weighted by molar-refractivity contribution is -0.140. The van der Waals surface area contributed by atoms with E-state index in [1.165, 1.54) is 12.1 Å². The highest BCUT2D eigenvalue weighted by Crippen LogP contribution is 2.30. The fraction of sp³-hybridized carbons (Fsp3) is 0.250. The standard InChI is InChI=1S/C10H5ClF3N.C2H6/c11-7-2-1-3-8-6(7)4-5-9(15-8)10(12,13)14;1-2/h1-5H;1-2H3. The van der Waals surface area contributed by atoms with E-state index < -0.39 is 11.9 Å². The monoisotopic (exact) mass is 261 g/mol. The Labute approximate surface area is 102 Å². The topological polar surface area (TPSA) is 12.9 Å². The first-order chi connectivity index (χ1) is 7.98. The van der Waals surface area contributed by atoms with Gasteiger partial charge in [0.1, 0.15) is 5.69 Å². The molecule has 1 nitrogen and oxygen atoms in total. The molecule has 0 bridgehead atoms. The van der Waals surface area contributed by atoms with Crippen molar-refractivity contribution in [2.24, 2.45) is 0 Å². The fourth-order valence-electron chi connectivity index (χ4n) is 1.28. The van der Waals surface area contributed by atoms with Crippen molar-refractivity contribution < 1.29 is 13.2 Å². The number of rotatable bonds is 0. The Kier molecular flexibility index (Phi) is 4.34. The van der Waals surface area contributed by atoms with E-state index in [-0.39, 0.29) is 5.52 Å². The Hall–Kier alpha value is -1.29. The predicted octanol–water partition coefficient (Wildman–Crippen LogP) is 4.93. The lowest BCUT2D eigenvalue weighted by atomic mass is 10.2. The van der Waals surface area contributed by atoms with Crippen LogP contribution in [0.5, 0.6) is 0 Å². The summed E-state index contributed by atoms with van der Waals surface area (Å²) in [4.78, 5) is 3.50. The summed E-state index contributed by atoms with van der Waals surface area (Å²) in [6.45, 7) is 4.00. The minimum absolute atomic E-state index is 0.248. The first-order valence-electron chi connectivity index (χ1n) is 5.11. The van der Waals surface area contributed by atoms with Crippen molar-refractivity contribution in [2.75, 3.05) is 0 Å². The number of hydrogen-bond donors (Lipinski definition) is 0. The molecule has 0 amide bonds. The second-order valence-corrected chi connectivity index (χ2v) is 3.41. The zero-order valence-electron chi connectivity index (χ0n) is 9.35. The molecule has 1 heterocycles. The van der Waals surface area contributed by atoms with E-state index in [0.29, 0.717) is 10.4 Å². The lowest BCUT2D eigenvalue weighted by Gasteiger charge is -2.06. The van der Waals surface area contributed by atoms with Crippen LogP contribution in [0.3, 0.4) is 0 Å². The summed E-state index contributed by atoms with van der Waals surface area (Å²) in [7, 11) is 0. The van der Waals surface area contributed by atoms with Gasteiger partial charge in [0.25, 0.3) is 0 Å². The van der Waals surface area contributed by atoms with E-state index in [1.54, 1.807) is 12.1 Å². The van der Waals surface area contributed by atoms with Gasteiger partial charge in [-0.1, -0.05) is 31.5 Å². The highest BCUT2D eigenvalue weighted by atomic mass is 35.5. The van der Waals surface area contributed by atoms with Gasteiger partial charge in [-0.05, 0) is 24.3 Å². The molecule has 0 spiro atoms. The number of nitrogens with zero attached hydrogens (tertiary/aromatic N) is 1. The summed E-state index contributed by atoms with van der Waals surface area (Å²) in [5.74, 6) is 0. The Bertz CT molecular complexity index is 509. The third-order valence-corrected chi connectivity index (χ3v) is 2.30. The molecule has 0 saturated heterocycles. The first-order valence-corrected chi connectivity index (χ1v) is 5.49. The summed E-state index contributed by atoms with van der Waals surface area (Å²) in [5, 5.41) is 0.917. The SMILES string of the molecule is CC.FC(F)(F)c1ccc2c(Cl)cccc2n1. The summed E-state index contributed by atoms with van der Waals surface area (Å²) in [5.41, 5.74) is -0.658. The molecular formula is C12H11ClF3N. The maximum Gasteiger partial charge on any atom is 0.433 e. The van der Waals surface area contributed by atoms with Crippen molar-refractivity contribution >= 4 is 22.5 Å². The van der Waals surface area contributed by atoms with Crippen molar-refractivity contribution in [3.8, 4) is 0 Å². The summed E-state index contributed by atoms with van der Waals surface area (Å²) < 4.78 is 37.0. The molecule has 17 heavy (non-hydrogen) atoms. The van der Waals surface area contributed by atoms with E-state index >= 15 is 0 Å². The molecule has 0 aliphatic rings. The van der Waals surface area contributed by atoms with Gasteiger partial charge in [0.15, 0.2) is 0 Å². The number of fused-ring (bicyclic) bond motifs is 1. The zero-order chi connectivity index (χ0) is 13.1. The van der Waals surface area contributed by atoms with Crippen LogP contribution < -0.4 is 0 Å². The van der Waals surface area contributed by atoms with Gasteiger partial charge >= 0.3 is 6.18 Å². The molecule has 2 rings (SSSR count).